The van der Waals surface area contributed by atoms with Crippen molar-refractivity contribution in [3.05, 3.63) is 84.2 Å². The second-order valence-electron chi connectivity index (χ2n) is 9.06. The summed E-state index contributed by atoms with van der Waals surface area (Å²) in [4.78, 5) is 15.4. The molecule has 0 atom stereocenters. The average molecular weight is 557 g/mol. The quantitative estimate of drug-likeness (QED) is 0.223. The van der Waals surface area contributed by atoms with Gasteiger partial charge in [0.2, 0.25) is 0 Å². The van der Waals surface area contributed by atoms with Crippen LogP contribution in [0, 0.1) is 6.92 Å². The number of aromatic nitrogens is 2. The van der Waals surface area contributed by atoms with Crippen molar-refractivity contribution in [3.8, 4) is 40.1 Å². The number of hydrogen-bond acceptors (Lipinski definition) is 6. The Hall–Kier alpha value is -4.67. The first-order valence-electron chi connectivity index (χ1n) is 12.3. The van der Waals surface area contributed by atoms with Gasteiger partial charge in [-0.2, -0.15) is 0 Å². The number of carboxylic acids is 1. The largest absolute Gasteiger partial charge is 0.573 e. The maximum atomic E-state index is 12.6. The third-order valence-electron chi connectivity index (χ3n) is 5.47. The van der Waals surface area contributed by atoms with E-state index in [-0.39, 0.29) is 18.5 Å². The molecule has 0 aliphatic rings. The fraction of sp³-hybridized carbons (Fsp3) is 0.241. The van der Waals surface area contributed by atoms with Gasteiger partial charge in [-0.25, -0.2) is 9.78 Å². The first-order chi connectivity index (χ1) is 19.0. The summed E-state index contributed by atoms with van der Waals surface area (Å²) in [6, 6.07) is 17.8. The summed E-state index contributed by atoms with van der Waals surface area (Å²) in [5.41, 5.74) is 2.60. The molecule has 11 heteroatoms. The Bertz CT molecular complexity index is 1450. The van der Waals surface area contributed by atoms with Crippen molar-refractivity contribution in [2.45, 2.75) is 39.8 Å². The smallest absolute Gasteiger partial charge is 0.491 e. The number of imidazole rings is 1. The Morgan fingerprint density at radius 3 is 2.20 bits per heavy atom. The Morgan fingerprint density at radius 1 is 0.950 bits per heavy atom. The summed E-state index contributed by atoms with van der Waals surface area (Å²) in [6.07, 6.45) is -2.99. The second-order valence-corrected chi connectivity index (χ2v) is 9.06. The topological polar surface area (TPSA) is 92.0 Å². The first kappa shape index (κ1) is 28.3. The molecule has 0 saturated heterocycles. The number of aliphatic carboxylic acids is 1. The Balaban J connectivity index is 1.59. The number of alkyl halides is 3. The van der Waals surface area contributed by atoms with Crippen LogP contribution in [-0.2, 0) is 11.4 Å². The minimum atomic E-state index is -4.79. The van der Waals surface area contributed by atoms with Crippen molar-refractivity contribution < 1.29 is 42.0 Å². The van der Waals surface area contributed by atoms with Gasteiger partial charge in [0, 0.05) is 17.4 Å². The number of carbonyl (C=O) groups is 1. The van der Waals surface area contributed by atoms with Crippen LogP contribution in [0.25, 0.3) is 17.1 Å². The maximum absolute atomic E-state index is 12.6. The summed E-state index contributed by atoms with van der Waals surface area (Å²) in [7, 11) is 0. The summed E-state index contributed by atoms with van der Waals surface area (Å²) >= 11 is 0. The van der Waals surface area contributed by atoms with E-state index in [0.29, 0.717) is 39.9 Å². The van der Waals surface area contributed by atoms with Crippen LogP contribution in [-0.4, -0.2) is 39.7 Å². The van der Waals surface area contributed by atoms with E-state index in [1.54, 1.807) is 31.3 Å². The molecule has 1 N–H and O–H groups in total. The monoisotopic (exact) mass is 556 g/mol. The van der Waals surface area contributed by atoms with E-state index in [1.165, 1.54) is 24.3 Å². The Morgan fingerprint density at radius 2 is 1.60 bits per heavy atom. The number of nitrogens with zero attached hydrogens (tertiary/aromatic N) is 2. The Labute approximate surface area is 228 Å². The zero-order chi connectivity index (χ0) is 28.9. The standard InChI is InChI=1S/C29H27F3N2O6/c1-18(2)39-23-10-6-22(7-11-23)34-15-21(16-37-25-12-13-26(19(3)14-25)38-17-27(35)36)33-28(34)20-4-8-24(9-5-20)40-29(30,31)32/h4-15,18H,16-17H2,1-3H3,(H,35,36). The molecular weight excluding hydrogens is 529 g/mol. The van der Waals surface area contributed by atoms with E-state index >= 15 is 0 Å². The summed E-state index contributed by atoms with van der Waals surface area (Å²) in [6.45, 7) is 5.28. The molecule has 4 aromatic rings. The molecule has 0 bridgehead atoms. The van der Waals surface area contributed by atoms with Gasteiger partial charge in [0.15, 0.2) is 6.61 Å². The fourth-order valence-electron chi connectivity index (χ4n) is 3.83. The zero-order valence-electron chi connectivity index (χ0n) is 21.9. The van der Waals surface area contributed by atoms with Crippen molar-refractivity contribution >= 4 is 5.97 Å². The third-order valence-corrected chi connectivity index (χ3v) is 5.47. The highest BCUT2D eigenvalue weighted by Gasteiger charge is 2.31. The number of carboxylic acid groups (broad SMARTS) is 1. The highest BCUT2D eigenvalue weighted by molar-refractivity contribution is 5.68. The summed E-state index contributed by atoms with van der Waals surface area (Å²) in [5, 5.41) is 8.81. The van der Waals surface area contributed by atoms with E-state index < -0.39 is 18.9 Å². The molecule has 1 aromatic heterocycles. The predicted molar refractivity (Wildman–Crippen MR) is 140 cm³/mol. The molecule has 4 rings (SSSR count). The van der Waals surface area contributed by atoms with Crippen LogP contribution in [0.1, 0.15) is 25.1 Å². The van der Waals surface area contributed by atoms with E-state index in [4.69, 9.17) is 19.3 Å². The molecular formula is C29H27F3N2O6. The minimum Gasteiger partial charge on any atom is -0.491 e. The van der Waals surface area contributed by atoms with Crippen LogP contribution in [0.5, 0.6) is 23.0 Å². The number of benzene rings is 3. The van der Waals surface area contributed by atoms with E-state index in [1.807, 2.05) is 42.7 Å². The molecule has 210 valence electrons. The molecule has 0 unspecified atom stereocenters. The summed E-state index contributed by atoms with van der Waals surface area (Å²) < 4.78 is 60.5. The third kappa shape index (κ3) is 7.68. The van der Waals surface area contributed by atoms with Crippen LogP contribution in [0.2, 0.25) is 0 Å². The van der Waals surface area contributed by atoms with Gasteiger partial charge in [-0.05, 0) is 93.1 Å². The molecule has 1 heterocycles. The van der Waals surface area contributed by atoms with Gasteiger partial charge in [-0.1, -0.05) is 0 Å². The molecule has 0 fully saturated rings. The van der Waals surface area contributed by atoms with Crippen molar-refractivity contribution in [1.82, 2.24) is 9.55 Å². The first-order valence-corrected chi connectivity index (χ1v) is 12.3. The second kappa shape index (κ2) is 12.0. The van der Waals surface area contributed by atoms with Gasteiger partial charge in [0.25, 0.3) is 0 Å². The highest BCUT2D eigenvalue weighted by Crippen LogP contribution is 2.29. The lowest BCUT2D eigenvalue weighted by Gasteiger charge is -2.12. The SMILES string of the molecule is Cc1cc(OCc2cn(-c3ccc(OC(C)C)cc3)c(-c3ccc(OC(F)(F)F)cc3)n2)ccc1OCC(=O)O. The van der Waals surface area contributed by atoms with Crippen LogP contribution in [0.4, 0.5) is 13.2 Å². The fourth-order valence-corrected chi connectivity index (χ4v) is 3.83. The van der Waals surface area contributed by atoms with Crippen LogP contribution < -0.4 is 18.9 Å². The number of rotatable bonds is 11. The van der Waals surface area contributed by atoms with Gasteiger partial charge in [-0.15, -0.1) is 13.2 Å². The van der Waals surface area contributed by atoms with E-state index in [2.05, 4.69) is 9.72 Å². The lowest BCUT2D eigenvalue weighted by molar-refractivity contribution is -0.274. The van der Waals surface area contributed by atoms with Crippen molar-refractivity contribution in [1.29, 1.82) is 0 Å². The normalized spacial score (nSPS) is 11.4. The van der Waals surface area contributed by atoms with Crippen LogP contribution in [0.15, 0.2) is 72.9 Å². The van der Waals surface area contributed by atoms with E-state index in [0.717, 1.165) is 5.69 Å². The van der Waals surface area contributed by atoms with Crippen molar-refractivity contribution in [2.24, 2.45) is 0 Å². The lowest BCUT2D eigenvalue weighted by atomic mass is 10.2. The molecule has 0 saturated carbocycles. The summed E-state index contributed by atoms with van der Waals surface area (Å²) in [5.74, 6) is 0.742. The number of aryl methyl sites for hydroxylation is 1. The van der Waals surface area contributed by atoms with Crippen molar-refractivity contribution in [3.63, 3.8) is 0 Å². The average Bonchev–Trinajstić information content (AvgIpc) is 3.31. The number of ether oxygens (including phenoxy) is 4. The highest BCUT2D eigenvalue weighted by atomic mass is 19.4. The molecule has 0 radical (unpaired) electrons. The minimum absolute atomic E-state index is 0.0114. The molecule has 0 aliphatic carbocycles. The van der Waals surface area contributed by atoms with Gasteiger partial charge < -0.3 is 24.1 Å². The zero-order valence-corrected chi connectivity index (χ0v) is 21.9. The Kier molecular flexibility index (Phi) is 8.52. The molecule has 0 spiro atoms. The molecule has 40 heavy (non-hydrogen) atoms. The molecule has 0 amide bonds. The van der Waals surface area contributed by atoms with Gasteiger partial charge in [0.1, 0.15) is 35.4 Å². The number of halogens is 3. The predicted octanol–water partition coefficient (Wildman–Crippen LogP) is 6.58. The van der Waals surface area contributed by atoms with Crippen molar-refractivity contribution in [2.75, 3.05) is 6.61 Å². The number of hydrogen-bond donors (Lipinski definition) is 1. The lowest BCUT2D eigenvalue weighted by Crippen LogP contribution is -2.16. The van der Waals surface area contributed by atoms with E-state index in [9.17, 15) is 18.0 Å². The maximum Gasteiger partial charge on any atom is 0.573 e. The van der Waals surface area contributed by atoms with Gasteiger partial charge in [0.05, 0.1) is 11.8 Å². The molecule has 3 aromatic carbocycles. The molecule has 0 aliphatic heterocycles. The van der Waals surface area contributed by atoms with Gasteiger partial charge in [-0.3, -0.25) is 4.57 Å². The van der Waals surface area contributed by atoms with Crippen LogP contribution in [0.3, 0.4) is 0 Å². The van der Waals surface area contributed by atoms with Crippen LogP contribution >= 0.6 is 0 Å². The van der Waals surface area contributed by atoms with Gasteiger partial charge >= 0.3 is 12.3 Å². The molecule has 8 nitrogen and oxygen atoms in total.